The summed E-state index contributed by atoms with van der Waals surface area (Å²) in [7, 11) is 0. The third kappa shape index (κ3) is 1.93. The van der Waals surface area contributed by atoms with Crippen molar-refractivity contribution in [1.29, 1.82) is 0 Å². The van der Waals surface area contributed by atoms with Gasteiger partial charge in [0.05, 0.1) is 5.41 Å². The SMILES string of the molecule is Brc1cccc2c1-c1c#cccc1C21c2ccccc2-c2c1ccc1oc3ccccc3c21. The molecule has 2 aliphatic carbocycles. The third-order valence-corrected chi connectivity index (χ3v) is 8.08. The molecule has 8 rings (SSSR count). The molecule has 6 aromatic rings. The molecule has 33 heavy (non-hydrogen) atoms. The molecule has 152 valence electrons. The summed E-state index contributed by atoms with van der Waals surface area (Å²) in [6, 6.07) is 39.0. The van der Waals surface area contributed by atoms with Crippen LogP contribution >= 0.6 is 15.9 Å². The number of rotatable bonds is 0. The molecule has 0 saturated heterocycles. The van der Waals surface area contributed by atoms with Crippen molar-refractivity contribution in [2.75, 3.05) is 0 Å². The minimum absolute atomic E-state index is 0.390. The average Bonchev–Trinajstić information content (AvgIpc) is 3.48. The molecule has 2 aliphatic rings. The summed E-state index contributed by atoms with van der Waals surface area (Å²) >= 11 is 3.84. The van der Waals surface area contributed by atoms with E-state index in [9.17, 15) is 0 Å². The van der Waals surface area contributed by atoms with Crippen LogP contribution in [0.1, 0.15) is 22.3 Å². The summed E-state index contributed by atoms with van der Waals surface area (Å²) in [5.74, 6) is 0. The van der Waals surface area contributed by atoms with Gasteiger partial charge in [0.25, 0.3) is 0 Å². The van der Waals surface area contributed by atoms with Crippen LogP contribution in [0.2, 0.25) is 0 Å². The van der Waals surface area contributed by atoms with Gasteiger partial charge in [0, 0.05) is 26.4 Å². The second-order valence-electron chi connectivity index (χ2n) is 8.81. The van der Waals surface area contributed by atoms with Crippen molar-refractivity contribution in [2.24, 2.45) is 0 Å². The van der Waals surface area contributed by atoms with Gasteiger partial charge in [-0.15, -0.1) is 0 Å². The fourth-order valence-electron chi connectivity index (χ4n) is 6.30. The number of benzene rings is 4. The maximum Gasteiger partial charge on any atom is 0.136 e. The average molecular weight is 483 g/mol. The van der Waals surface area contributed by atoms with E-state index in [0.717, 1.165) is 26.6 Å². The van der Waals surface area contributed by atoms with E-state index in [4.69, 9.17) is 4.42 Å². The van der Waals surface area contributed by atoms with Gasteiger partial charge < -0.3 is 4.42 Å². The first-order valence-electron chi connectivity index (χ1n) is 11.1. The molecule has 0 saturated carbocycles. The van der Waals surface area contributed by atoms with Gasteiger partial charge in [-0.25, -0.2) is 0 Å². The number of fused-ring (bicyclic) bond motifs is 14. The Kier molecular flexibility index (Phi) is 3.20. The highest BCUT2D eigenvalue weighted by Crippen LogP contribution is 2.64. The normalized spacial score (nSPS) is 17.1. The van der Waals surface area contributed by atoms with E-state index in [1.807, 2.05) is 12.1 Å². The van der Waals surface area contributed by atoms with E-state index in [1.165, 1.54) is 44.3 Å². The largest absolute Gasteiger partial charge is 0.456 e. The minimum Gasteiger partial charge on any atom is -0.456 e. The van der Waals surface area contributed by atoms with Gasteiger partial charge in [-0.3, -0.25) is 0 Å². The Morgan fingerprint density at radius 3 is 2.45 bits per heavy atom. The summed E-state index contributed by atoms with van der Waals surface area (Å²) < 4.78 is 7.38. The maximum atomic E-state index is 6.28. The summed E-state index contributed by atoms with van der Waals surface area (Å²) in [5, 5.41) is 2.36. The highest BCUT2D eigenvalue weighted by Gasteiger charge is 2.52. The lowest BCUT2D eigenvalue weighted by molar-refractivity contribution is 0.668. The van der Waals surface area contributed by atoms with Crippen LogP contribution in [-0.4, -0.2) is 0 Å². The van der Waals surface area contributed by atoms with Crippen molar-refractivity contribution in [3.63, 3.8) is 0 Å². The molecule has 1 spiro atoms. The van der Waals surface area contributed by atoms with E-state index in [1.54, 1.807) is 0 Å². The zero-order valence-electron chi connectivity index (χ0n) is 17.4. The van der Waals surface area contributed by atoms with Gasteiger partial charge in [0.15, 0.2) is 0 Å². The predicted molar refractivity (Wildman–Crippen MR) is 135 cm³/mol. The van der Waals surface area contributed by atoms with Gasteiger partial charge in [-0.1, -0.05) is 88.7 Å². The zero-order chi connectivity index (χ0) is 21.7. The summed E-state index contributed by atoms with van der Waals surface area (Å²) in [4.78, 5) is 0. The van der Waals surface area contributed by atoms with Crippen LogP contribution in [0.15, 0.2) is 99.9 Å². The molecular formula is C31H15BrO. The van der Waals surface area contributed by atoms with Crippen LogP contribution < -0.4 is 0 Å². The molecule has 0 amide bonds. The highest BCUT2D eigenvalue weighted by atomic mass is 79.9. The van der Waals surface area contributed by atoms with Crippen LogP contribution in [-0.2, 0) is 5.41 Å². The lowest BCUT2D eigenvalue weighted by Crippen LogP contribution is -2.25. The predicted octanol–water partition coefficient (Wildman–Crippen LogP) is 8.29. The Bertz CT molecular complexity index is 1790. The number of hydrogen-bond acceptors (Lipinski definition) is 1. The van der Waals surface area contributed by atoms with Gasteiger partial charge in [-0.2, -0.15) is 0 Å². The Balaban J connectivity index is 1.65. The topological polar surface area (TPSA) is 13.1 Å². The summed E-state index contributed by atoms with van der Waals surface area (Å²) in [6.45, 7) is 0. The highest BCUT2D eigenvalue weighted by molar-refractivity contribution is 9.10. The van der Waals surface area contributed by atoms with Crippen molar-refractivity contribution >= 4 is 37.9 Å². The second kappa shape index (κ2) is 5.95. The van der Waals surface area contributed by atoms with Gasteiger partial charge >= 0.3 is 0 Å². The molecule has 5 aromatic carbocycles. The molecule has 1 aromatic heterocycles. The number of furan rings is 1. The van der Waals surface area contributed by atoms with E-state index >= 15 is 0 Å². The van der Waals surface area contributed by atoms with E-state index in [0.29, 0.717) is 0 Å². The lowest BCUT2D eigenvalue weighted by atomic mass is 9.70. The Labute approximate surface area is 199 Å². The monoisotopic (exact) mass is 482 g/mol. The third-order valence-electron chi connectivity index (χ3n) is 7.42. The smallest absolute Gasteiger partial charge is 0.136 e. The van der Waals surface area contributed by atoms with Crippen molar-refractivity contribution < 1.29 is 4.42 Å². The van der Waals surface area contributed by atoms with Crippen LogP contribution in [0.5, 0.6) is 0 Å². The molecular weight excluding hydrogens is 468 g/mol. The molecule has 1 nitrogen and oxygen atoms in total. The molecule has 0 N–H and O–H groups in total. The van der Waals surface area contributed by atoms with Crippen molar-refractivity contribution in [2.45, 2.75) is 5.41 Å². The van der Waals surface area contributed by atoms with Gasteiger partial charge in [0.2, 0.25) is 0 Å². The molecule has 0 fully saturated rings. The fourth-order valence-corrected chi connectivity index (χ4v) is 6.86. The molecule has 1 atom stereocenters. The zero-order valence-corrected chi connectivity index (χ0v) is 19.0. The van der Waals surface area contributed by atoms with Crippen molar-refractivity contribution in [3.05, 3.63) is 130 Å². The van der Waals surface area contributed by atoms with Crippen molar-refractivity contribution in [3.8, 4) is 22.3 Å². The Morgan fingerprint density at radius 1 is 0.667 bits per heavy atom. The number of halogens is 1. The van der Waals surface area contributed by atoms with Crippen LogP contribution in [0.4, 0.5) is 0 Å². The van der Waals surface area contributed by atoms with E-state index < -0.39 is 5.41 Å². The summed E-state index contributed by atoms with van der Waals surface area (Å²) in [5.41, 5.74) is 11.5. The quantitative estimate of drug-likeness (QED) is 0.212. The van der Waals surface area contributed by atoms with Crippen LogP contribution in [0.3, 0.4) is 0 Å². The van der Waals surface area contributed by atoms with Crippen molar-refractivity contribution in [1.82, 2.24) is 0 Å². The lowest BCUT2D eigenvalue weighted by Gasteiger charge is -2.30. The first-order valence-corrected chi connectivity index (χ1v) is 11.9. The van der Waals surface area contributed by atoms with Gasteiger partial charge in [0.1, 0.15) is 11.2 Å². The minimum atomic E-state index is -0.390. The standard InChI is InChI=1S/C31H15BrO/c32-25-14-7-13-23-28(25)18-8-1-4-11-21(18)31(23)22-12-5-2-9-19(22)29-24(31)16-17-27-30(29)20-10-3-6-15-26(20)33-27/h2-7,9-17H. The molecule has 0 bridgehead atoms. The van der Waals surface area contributed by atoms with Crippen LogP contribution in [0.25, 0.3) is 44.2 Å². The van der Waals surface area contributed by atoms with E-state index in [-0.39, 0.29) is 0 Å². The molecule has 1 heterocycles. The first kappa shape index (κ1) is 17.7. The first-order chi connectivity index (χ1) is 16.3. The number of hydrogen-bond donors (Lipinski definition) is 0. The van der Waals surface area contributed by atoms with Crippen LogP contribution in [0, 0.1) is 12.1 Å². The molecule has 2 heteroatoms. The molecule has 0 radical (unpaired) electrons. The molecule has 0 aliphatic heterocycles. The summed E-state index contributed by atoms with van der Waals surface area (Å²) in [6.07, 6.45) is 0. The Morgan fingerprint density at radius 2 is 1.48 bits per heavy atom. The fraction of sp³-hybridized carbons (Fsp3) is 0.0323. The second-order valence-corrected chi connectivity index (χ2v) is 9.66. The maximum absolute atomic E-state index is 6.28. The number of para-hydroxylation sites is 1. The van der Waals surface area contributed by atoms with E-state index in [2.05, 4.69) is 107 Å². The van der Waals surface area contributed by atoms with Gasteiger partial charge in [-0.05, 0) is 63.7 Å². The molecule has 1 unspecified atom stereocenters. The Hall–Kier alpha value is -3.80.